The van der Waals surface area contributed by atoms with Crippen molar-refractivity contribution >= 4 is 11.9 Å². The fourth-order valence-electron chi connectivity index (χ4n) is 3.67. The van der Waals surface area contributed by atoms with Gasteiger partial charge in [-0.05, 0) is 61.8 Å². The Labute approximate surface area is 128 Å². The second-order valence-corrected chi connectivity index (χ2v) is 6.34. The lowest BCUT2D eigenvalue weighted by Crippen LogP contribution is -2.35. The van der Waals surface area contributed by atoms with Gasteiger partial charge in [0.2, 0.25) is 5.91 Å². The maximum atomic E-state index is 13.3. The maximum Gasteiger partial charge on any atom is 0.306 e. The highest BCUT2D eigenvalue weighted by Crippen LogP contribution is 2.34. The van der Waals surface area contributed by atoms with Crippen LogP contribution in [0.1, 0.15) is 49.3 Å². The van der Waals surface area contributed by atoms with Gasteiger partial charge in [-0.2, -0.15) is 0 Å². The van der Waals surface area contributed by atoms with Crippen LogP contribution in [0, 0.1) is 17.7 Å². The molecule has 2 aliphatic rings. The van der Waals surface area contributed by atoms with Gasteiger partial charge in [-0.3, -0.25) is 9.59 Å². The number of amides is 1. The monoisotopic (exact) mass is 305 g/mol. The summed E-state index contributed by atoms with van der Waals surface area (Å²) in [6.07, 6.45) is 4.23. The molecule has 1 amide bonds. The lowest BCUT2D eigenvalue weighted by molar-refractivity contribution is -0.141. The van der Waals surface area contributed by atoms with Gasteiger partial charge in [-0.1, -0.05) is 6.07 Å². The fourth-order valence-corrected chi connectivity index (χ4v) is 3.67. The summed E-state index contributed by atoms with van der Waals surface area (Å²) in [6, 6.07) is 4.65. The number of hydrogen-bond acceptors (Lipinski definition) is 2. The van der Waals surface area contributed by atoms with Crippen LogP contribution < -0.4 is 5.32 Å². The Morgan fingerprint density at radius 1 is 1.18 bits per heavy atom. The van der Waals surface area contributed by atoms with Crippen molar-refractivity contribution in [3.63, 3.8) is 0 Å². The van der Waals surface area contributed by atoms with Gasteiger partial charge in [0.05, 0.1) is 12.0 Å². The van der Waals surface area contributed by atoms with Gasteiger partial charge >= 0.3 is 5.97 Å². The van der Waals surface area contributed by atoms with Gasteiger partial charge in [0.25, 0.3) is 0 Å². The number of fused-ring (bicyclic) bond motifs is 1. The highest BCUT2D eigenvalue weighted by Gasteiger charge is 2.35. The van der Waals surface area contributed by atoms with E-state index in [4.69, 9.17) is 5.11 Å². The maximum absolute atomic E-state index is 13.3. The summed E-state index contributed by atoms with van der Waals surface area (Å²) in [5, 5.41) is 12.1. The summed E-state index contributed by atoms with van der Waals surface area (Å²) < 4.78 is 13.3. The number of aliphatic carboxylic acids is 1. The second kappa shape index (κ2) is 6.07. The van der Waals surface area contributed by atoms with Crippen LogP contribution in [-0.2, 0) is 16.0 Å². The highest BCUT2D eigenvalue weighted by atomic mass is 19.1. The number of halogens is 1. The minimum absolute atomic E-state index is 0.0640. The predicted molar refractivity (Wildman–Crippen MR) is 78.7 cm³/mol. The molecule has 0 radical (unpaired) electrons. The average Bonchev–Trinajstić information content (AvgIpc) is 2.97. The van der Waals surface area contributed by atoms with E-state index in [1.807, 2.05) is 0 Å². The van der Waals surface area contributed by atoms with Crippen LogP contribution in [0.15, 0.2) is 18.2 Å². The predicted octanol–water partition coefficient (Wildman–Crippen LogP) is 2.82. The molecule has 2 N–H and O–H groups in total. The summed E-state index contributed by atoms with van der Waals surface area (Å²) in [5.41, 5.74) is 1.96. The van der Waals surface area contributed by atoms with E-state index >= 15 is 0 Å². The molecule has 22 heavy (non-hydrogen) atoms. The zero-order chi connectivity index (χ0) is 15.7. The van der Waals surface area contributed by atoms with Crippen molar-refractivity contribution in [2.45, 2.75) is 44.6 Å². The van der Waals surface area contributed by atoms with Crippen LogP contribution >= 0.6 is 0 Å². The molecule has 5 heteroatoms. The quantitative estimate of drug-likeness (QED) is 0.902. The van der Waals surface area contributed by atoms with Crippen molar-refractivity contribution < 1.29 is 19.1 Å². The van der Waals surface area contributed by atoms with E-state index in [0.29, 0.717) is 19.3 Å². The highest BCUT2D eigenvalue weighted by molar-refractivity contribution is 5.81. The largest absolute Gasteiger partial charge is 0.481 e. The minimum Gasteiger partial charge on any atom is -0.481 e. The Morgan fingerprint density at radius 3 is 2.68 bits per heavy atom. The zero-order valence-electron chi connectivity index (χ0n) is 12.3. The third-order valence-electron chi connectivity index (χ3n) is 4.89. The topological polar surface area (TPSA) is 66.4 Å². The molecular weight excluding hydrogens is 285 g/mol. The third-order valence-corrected chi connectivity index (χ3v) is 4.89. The van der Waals surface area contributed by atoms with E-state index < -0.39 is 11.9 Å². The van der Waals surface area contributed by atoms with Crippen LogP contribution in [0.25, 0.3) is 0 Å². The first kappa shape index (κ1) is 15.0. The zero-order valence-corrected chi connectivity index (χ0v) is 12.3. The van der Waals surface area contributed by atoms with E-state index in [1.165, 1.54) is 6.07 Å². The van der Waals surface area contributed by atoms with Gasteiger partial charge in [-0.15, -0.1) is 0 Å². The number of hydrogen-bond donors (Lipinski definition) is 2. The van der Waals surface area contributed by atoms with E-state index in [-0.39, 0.29) is 23.7 Å². The standard InChI is InChI=1S/C17H20FNO3/c18-13-6-7-14-10(9-13)2-1-3-15(14)19-16(20)11-4-5-12(8-11)17(21)22/h6-7,9,11-12,15H,1-5,8H2,(H,19,20)(H,21,22)/t11-,12+,15?/m0/s1. The van der Waals surface area contributed by atoms with E-state index in [1.54, 1.807) is 12.1 Å². The molecule has 4 nitrogen and oxygen atoms in total. The summed E-state index contributed by atoms with van der Waals surface area (Å²) in [5.74, 6) is -1.74. The van der Waals surface area contributed by atoms with Crippen molar-refractivity contribution in [3.8, 4) is 0 Å². The van der Waals surface area contributed by atoms with Crippen LogP contribution in [-0.4, -0.2) is 17.0 Å². The molecule has 0 aliphatic heterocycles. The molecule has 1 unspecified atom stereocenters. The molecule has 0 bridgehead atoms. The van der Waals surface area contributed by atoms with Crippen LogP contribution in [0.3, 0.4) is 0 Å². The van der Waals surface area contributed by atoms with Crippen LogP contribution in [0.5, 0.6) is 0 Å². The van der Waals surface area contributed by atoms with Gasteiger partial charge in [-0.25, -0.2) is 4.39 Å². The number of nitrogens with one attached hydrogen (secondary N) is 1. The third kappa shape index (κ3) is 2.98. The van der Waals surface area contributed by atoms with Gasteiger partial charge in [0, 0.05) is 5.92 Å². The first-order chi connectivity index (χ1) is 10.5. The molecule has 0 saturated heterocycles. The van der Waals surface area contributed by atoms with E-state index in [2.05, 4.69) is 5.32 Å². The Kier molecular flexibility index (Phi) is 4.14. The molecular formula is C17H20FNO3. The second-order valence-electron chi connectivity index (χ2n) is 6.34. The van der Waals surface area contributed by atoms with Gasteiger partial charge in [0.1, 0.15) is 5.82 Å². The molecule has 118 valence electrons. The number of carboxylic acid groups (broad SMARTS) is 1. The number of carbonyl (C=O) groups excluding carboxylic acids is 1. The normalized spacial score (nSPS) is 27.2. The van der Waals surface area contributed by atoms with Crippen molar-refractivity contribution in [3.05, 3.63) is 35.1 Å². The number of carbonyl (C=O) groups is 2. The molecule has 3 rings (SSSR count). The molecule has 1 saturated carbocycles. The number of benzene rings is 1. The smallest absolute Gasteiger partial charge is 0.306 e. The summed E-state index contributed by atoms with van der Waals surface area (Å²) in [4.78, 5) is 23.4. The molecule has 0 spiro atoms. The van der Waals surface area contributed by atoms with Gasteiger partial charge in [0.15, 0.2) is 0 Å². The Balaban J connectivity index is 1.67. The Morgan fingerprint density at radius 2 is 1.95 bits per heavy atom. The van der Waals surface area contributed by atoms with Crippen LogP contribution in [0.2, 0.25) is 0 Å². The lowest BCUT2D eigenvalue weighted by atomic mass is 9.87. The molecule has 1 fully saturated rings. The van der Waals surface area contributed by atoms with Crippen molar-refractivity contribution in [1.82, 2.24) is 5.32 Å². The van der Waals surface area contributed by atoms with Gasteiger partial charge < -0.3 is 10.4 Å². The first-order valence-corrected chi connectivity index (χ1v) is 7.86. The molecule has 0 heterocycles. The van der Waals surface area contributed by atoms with Crippen molar-refractivity contribution in [2.24, 2.45) is 11.8 Å². The molecule has 1 aromatic rings. The van der Waals surface area contributed by atoms with Crippen molar-refractivity contribution in [2.75, 3.05) is 0 Å². The molecule has 1 aromatic carbocycles. The van der Waals surface area contributed by atoms with Crippen LogP contribution in [0.4, 0.5) is 4.39 Å². The molecule has 0 aromatic heterocycles. The minimum atomic E-state index is -0.811. The number of carboxylic acids is 1. The van der Waals surface area contributed by atoms with E-state index in [0.717, 1.165) is 30.4 Å². The molecule has 2 aliphatic carbocycles. The summed E-state index contributed by atoms with van der Waals surface area (Å²) >= 11 is 0. The lowest BCUT2D eigenvalue weighted by Gasteiger charge is -2.27. The van der Waals surface area contributed by atoms with E-state index in [9.17, 15) is 14.0 Å². The summed E-state index contributed by atoms with van der Waals surface area (Å²) in [7, 11) is 0. The number of rotatable bonds is 3. The average molecular weight is 305 g/mol. The van der Waals surface area contributed by atoms with Crippen molar-refractivity contribution in [1.29, 1.82) is 0 Å². The SMILES string of the molecule is O=C(O)[C@@H]1CC[C@H](C(=O)NC2CCCc3cc(F)ccc32)C1. The molecule has 3 atom stereocenters. The first-order valence-electron chi connectivity index (χ1n) is 7.86. The fraction of sp³-hybridized carbons (Fsp3) is 0.529. The summed E-state index contributed by atoms with van der Waals surface area (Å²) in [6.45, 7) is 0. The Bertz CT molecular complexity index is 602. The Hall–Kier alpha value is -1.91. The number of aryl methyl sites for hydroxylation is 1.